The van der Waals surface area contributed by atoms with Crippen LogP contribution in [0.25, 0.3) is 0 Å². The molecule has 0 amide bonds. The molecule has 4 saturated carbocycles. The number of carbonyl (C=O) groups is 1. The van der Waals surface area contributed by atoms with Crippen molar-refractivity contribution in [3.63, 3.8) is 0 Å². The molecule has 0 radical (unpaired) electrons. The molecule has 0 aliphatic heterocycles. The second kappa shape index (κ2) is 2.76. The summed E-state index contributed by atoms with van der Waals surface area (Å²) in [6.07, 6.45) is 5.54. The van der Waals surface area contributed by atoms with E-state index >= 15 is 0 Å². The van der Waals surface area contributed by atoms with E-state index in [2.05, 4.69) is 0 Å². The average Bonchev–Trinajstić information content (AvgIpc) is 2.12. The summed E-state index contributed by atoms with van der Waals surface area (Å²) in [5.41, 5.74) is -0.897. The molecule has 0 aromatic rings. The van der Waals surface area contributed by atoms with Gasteiger partial charge in [0.15, 0.2) is 0 Å². The number of esters is 1. The molecule has 3 nitrogen and oxygen atoms in total. The second-order valence-corrected chi connectivity index (χ2v) is 5.96. The van der Waals surface area contributed by atoms with Gasteiger partial charge >= 0.3 is 5.97 Å². The Kier molecular flexibility index (Phi) is 1.77. The highest BCUT2D eigenvalue weighted by molar-refractivity contribution is 5.77. The Labute approximate surface area is 89.8 Å². The molecule has 0 aromatic heterocycles. The van der Waals surface area contributed by atoms with Gasteiger partial charge in [-0.3, -0.25) is 4.79 Å². The Morgan fingerprint density at radius 3 is 2.33 bits per heavy atom. The smallest absolute Gasteiger partial charge is 0.311 e. The first-order chi connectivity index (χ1) is 7.05. The maximum Gasteiger partial charge on any atom is 0.311 e. The number of hydrogen-bond donors (Lipinski definition) is 1. The summed E-state index contributed by atoms with van der Waals surface area (Å²) in [6.45, 7) is 0. The average molecular weight is 210 g/mol. The molecule has 4 bridgehead atoms. The molecule has 3 heteroatoms. The SMILES string of the molecule is COC(=O)C12C[C@@H]3C[C@H](CC(O)(C3)C1)C2. The number of carbonyl (C=O) groups excluding carboxylic acids is 1. The van der Waals surface area contributed by atoms with Crippen molar-refractivity contribution in [2.45, 2.75) is 44.1 Å². The lowest BCUT2D eigenvalue weighted by Crippen LogP contribution is -2.58. The lowest BCUT2D eigenvalue weighted by molar-refractivity contribution is -0.193. The summed E-state index contributed by atoms with van der Waals surface area (Å²) < 4.78 is 4.93. The van der Waals surface area contributed by atoms with Crippen molar-refractivity contribution in [1.82, 2.24) is 0 Å². The minimum atomic E-state index is -0.557. The maximum absolute atomic E-state index is 11.9. The van der Waals surface area contributed by atoms with Gasteiger partial charge in [0.1, 0.15) is 0 Å². The van der Waals surface area contributed by atoms with E-state index in [-0.39, 0.29) is 11.4 Å². The standard InChI is InChI=1S/C12H18O3/c1-15-10(13)11-3-8-2-9(4-11)6-12(14,5-8)7-11/h8-9,14H,2-7H2,1H3/t8-,9-,11?,12?/m0/s1. The maximum atomic E-state index is 11.9. The van der Waals surface area contributed by atoms with E-state index in [0.29, 0.717) is 18.3 Å². The van der Waals surface area contributed by atoms with Gasteiger partial charge in [0.05, 0.1) is 18.1 Å². The summed E-state index contributed by atoms with van der Waals surface area (Å²) in [5.74, 6) is 1.01. The van der Waals surface area contributed by atoms with Crippen molar-refractivity contribution in [2.75, 3.05) is 7.11 Å². The molecule has 0 saturated heterocycles. The van der Waals surface area contributed by atoms with Gasteiger partial charge in [-0.15, -0.1) is 0 Å². The predicted molar refractivity (Wildman–Crippen MR) is 54.1 cm³/mol. The van der Waals surface area contributed by atoms with Crippen molar-refractivity contribution >= 4 is 5.97 Å². The molecule has 0 aromatic carbocycles. The van der Waals surface area contributed by atoms with Crippen molar-refractivity contribution < 1.29 is 14.6 Å². The molecule has 15 heavy (non-hydrogen) atoms. The van der Waals surface area contributed by atoms with Crippen LogP contribution in [0.1, 0.15) is 38.5 Å². The van der Waals surface area contributed by atoms with Crippen molar-refractivity contribution in [1.29, 1.82) is 0 Å². The molecule has 4 fully saturated rings. The van der Waals surface area contributed by atoms with Gasteiger partial charge in [-0.05, 0) is 50.4 Å². The lowest BCUT2D eigenvalue weighted by atomic mass is 9.48. The first kappa shape index (κ1) is 9.64. The number of methoxy groups -OCH3 is 1. The van der Waals surface area contributed by atoms with Crippen LogP contribution in [0, 0.1) is 17.3 Å². The Balaban J connectivity index is 1.96. The summed E-state index contributed by atoms with van der Waals surface area (Å²) in [7, 11) is 1.46. The van der Waals surface area contributed by atoms with E-state index < -0.39 is 5.60 Å². The summed E-state index contributed by atoms with van der Waals surface area (Å²) in [4.78, 5) is 11.9. The van der Waals surface area contributed by atoms with Crippen LogP contribution >= 0.6 is 0 Å². The highest BCUT2D eigenvalue weighted by Gasteiger charge is 2.60. The molecular weight excluding hydrogens is 192 g/mol. The fourth-order valence-corrected chi connectivity index (χ4v) is 4.67. The normalized spacial score (nSPS) is 51.9. The Morgan fingerprint density at radius 2 is 1.87 bits per heavy atom. The van der Waals surface area contributed by atoms with E-state index in [1.807, 2.05) is 0 Å². The van der Waals surface area contributed by atoms with Crippen LogP contribution in [-0.4, -0.2) is 23.8 Å². The third-order valence-electron chi connectivity index (χ3n) is 4.65. The van der Waals surface area contributed by atoms with Gasteiger partial charge in [0, 0.05) is 0 Å². The number of ether oxygens (including phenoxy) is 1. The topological polar surface area (TPSA) is 46.5 Å². The van der Waals surface area contributed by atoms with Crippen LogP contribution in [0.2, 0.25) is 0 Å². The quantitative estimate of drug-likeness (QED) is 0.667. The Hall–Kier alpha value is -0.570. The zero-order valence-corrected chi connectivity index (χ0v) is 9.16. The molecule has 4 rings (SSSR count). The van der Waals surface area contributed by atoms with Crippen molar-refractivity contribution in [2.24, 2.45) is 17.3 Å². The summed E-state index contributed by atoms with van der Waals surface area (Å²) >= 11 is 0. The van der Waals surface area contributed by atoms with Crippen LogP contribution in [0.5, 0.6) is 0 Å². The van der Waals surface area contributed by atoms with E-state index in [0.717, 1.165) is 25.7 Å². The molecule has 0 unspecified atom stereocenters. The van der Waals surface area contributed by atoms with Gasteiger partial charge in [-0.1, -0.05) is 0 Å². The fraction of sp³-hybridized carbons (Fsp3) is 0.917. The van der Waals surface area contributed by atoms with Gasteiger partial charge in [-0.25, -0.2) is 0 Å². The predicted octanol–water partition coefficient (Wildman–Crippen LogP) is 1.49. The zero-order chi connectivity index (χ0) is 10.7. The molecular formula is C12H18O3. The van der Waals surface area contributed by atoms with Gasteiger partial charge in [0.25, 0.3) is 0 Å². The first-order valence-corrected chi connectivity index (χ1v) is 5.86. The highest BCUT2D eigenvalue weighted by atomic mass is 16.5. The monoisotopic (exact) mass is 210 g/mol. The zero-order valence-electron chi connectivity index (χ0n) is 9.16. The van der Waals surface area contributed by atoms with Crippen molar-refractivity contribution in [3.05, 3.63) is 0 Å². The molecule has 84 valence electrons. The van der Waals surface area contributed by atoms with Crippen LogP contribution in [0.4, 0.5) is 0 Å². The van der Waals surface area contributed by atoms with E-state index in [1.165, 1.54) is 13.5 Å². The first-order valence-electron chi connectivity index (χ1n) is 5.86. The molecule has 0 spiro atoms. The Morgan fingerprint density at radius 1 is 1.27 bits per heavy atom. The summed E-state index contributed by atoms with van der Waals surface area (Å²) in [6, 6.07) is 0. The summed E-state index contributed by atoms with van der Waals surface area (Å²) in [5, 5.41) is 10.4. The molecule has 4 aliphatic carbocycles. The number of hydrogen-bond acceptors (Lipinski definition) is 3. The van der Waals surface area contributed by atoms with Gasteiger partial charge < -0.3 is 9.84 Å². The van der Waals surface area contributed by atoms with Crippen molar-refractivity contribution in [3.8, 4) is 0 Å². The number of aliphatic hydroxyl groups is 1. The minimum Gasteiger partial charge on any atom is -0.469 e. The number of rotatable bonds is 1. The minimum absolute atomic E-state index is 0.0879. The van der Waals surface area contributed by atoms with E-state index in [1.54, 1.807) is 0 Å². The van der Waals surface area contributed by atoms with Crippen LogP contribution in [0.15, 0.2) is 0 Å². The van der Waals surface area contributed by atoms with E-state index in [4.69, 9.17) is 4.74 Å². The van der Waals surface area contributed by atoms with Crippen LogP contribution in [0.3, 0.4) is 0 Å². The third-order valence-corrected chi connectivity index (χ3v) is 4.65. The molecule has 2 atom stereocenters. The lowest BCUT2D eigenvalue weighted by Gasteiger charge is -2.58. The van der Waals surface area contributed by atoms with E-state index in [9.17, 15) is 9.90 Å². The highest BCUT2D eigenvalue weighted by Crippen LogP contribution is 2.61. The van der Waals surface area contributed by atoms with Gasteiger partial charge in [-0.2, -0.15) is 0 Å². The second-order valence-electron chi connectivity index (χ2n) is 5.96. The molecule has 0 heterocycles. The van der Waals surface area contributed by atoms with Gasteiger partial charge in [0.2, 0.25) is 0 Å². The van der Waals surface area contributed by atoms with Crippen LogP contribution in [-0.2, 0) is 9.53 Å². The fourth-order valence-electron chi connectivity index (χ4n) is 4.67. The largest absolute Gasteiger partial charge is 0.469 e. The third kappa shape index (κ3) is 1.25. The Bertz CT molecular complexity index is 296. The molecule has 1 N–H and O–H groups in total. The van der Waals surface area contributed by atoms with Crippen LogP contribution < -0.4 is 0 Å². The molecule has 4 aliphatic rings.